The van der Waals surface area contributed by atoms with Crippen molar-refractivity contribution in [1.29, 1.82) is 0 Å². The van der Waals surface area contributed by atoms with Gasteiger partial charge in [-0.1, -0.05) is 6.42 Å². The standard InChI is InChI=1S/C12H14FNO4S/c1-14(9-3-2-4-9)19(17,18)11-7-8(13)5-6-10(11)12(15)16/h5-7,9H,2-4H2,1H3,(H,15,16). The van der Waals surface area contributed by atoms with Crippen molar-refractivity contribution in [2.45, 2.75) is 30.2 Å². The normalized spacial score (nSPS) is 16.4. The predicted molar refractivity (Wildman–Crippen MR) is 65.9 cm³/mol. The van der Waals surface area contributed by atoms with E-state index in [0.717, 1.165) is 41.8 Å². The Balaban J connectivity index is 2.49. The van der Waals surface area contributed by atoms with Crippen LogP contribution in [-0.2, 0) is 10.0 Å². The first-order valence-corrected chi connectivity index (χ1v) is 7.29. The van der Waals surface area contributed by atoms with Crippen LogP contribution in [0.25, 0.3) is 0 Å². The molecule has 0 aromatic heterocycles. The first-order chi connectivity index (χ1) is 8.84. The average Bonchev–Trinajstić information content (AvgIpc) is 2.26. The largest absolute Gasteiger partial charge is 0.478 e. The Bertz CT molecular complexity index is 610. The van der Waals surface area contributed by atoms with Crippen LogP contribution in [0.1, 0.15) is 29.6 Å². The zero-order chi connectivity index (χ0) is 14.2. The third-order valence-corrected chi connectivity index (χ3v) is 5.37. The molecular formula is C12H14FNO4S. The second-order valence-electron chi connectivity index (χ2n) is 4.55. The van der Waals surface area contributed by atoms with Crippen molar-refractivity contribution in [2.24, 2.45) is 0 Å². The molecule has 1 N–H and O–H groups in total. The van der Waals surface area contributed by atoms with Gasteiger partial charge in [0.25, 0.3) is 0 Å². The van der Waals surface area contributed by atoms with Crippen LogP contribution in [0.15, 0.2) is 23.1 Å². The highest BCUT2D eigenvalue weighted by Crippen LogP contribution is 2.30. The van der Waals surface area contributed by atoms with E-state index < -0.39 is 32.3 Å². The van der Waals surface area contributed by atoms with Crippen LogP contribution in [0.2, 0.25) is 0 Å². The lowest BCUT2D eigenvalue weighted by molar-refractivity contribution is 0.0692. The minimum absolute atomic E-state index is 0.130. The second kappa shape index (κ2) is 4.90. The maximum atomic E-state index is 13.2. The molecule has 0 unspecified atom stereocenters. The van der Waals surface area contributed by atoms with Crippen molar-refractivity contribution in [3.63, 3.8) is 0 Å². The van der Waals surface area contributed by atoms with Gasteiger partial charge in [-0.15, -0.1) is 0 Å². The molecule has 0 aliphatic heterocycles. The molecule has 0 amide bonds. The number of nitrogens with zero attached hydrogens (tertiary/aromatic N) is 1. The van der Waals surface area contributed by atoms with Crippen LogP contribution in [0, 0.1) is 5.82 Å². The highest BCUT2D eigenvalue weighted by atomic mass is 32.2. The Morgan fingerprint density at radius 2 is 2.05 bits per heavy atom. The summed E-state index contributed by atoms with van der Waals surface area (Å²) in [4.78, 5) is 10.6. The second-order valence-corrected chi connectivity index (χ2v) is 6.52. The van der Waals surface area contributed by atoms with Gasteiger partial charge in [-0.25, -0.2) is 17.6 Å². The van der Waals surface area contributed by atoms with Crippen LogP contribution >= 0.6 is 0 Å². The molecule has 2 rings (SSSR count). The van der Waals surface area contributed by atoms with Gasteiger partial charge < -0.3 is 5.11 Å². The lowest BCUT2D eigenvalue weighted by Gasteiger charge is -2.34. The van der Waals surface area contributed by atoms with E-state index >= 15 is 0 Å². The zero-order valence-corrected chi connectivity index (χ0v) is 11.2. The topological polar surface area (TPSA) is 74.7 Å². The molecule has 1 fully saturated rings. The Morgan fingerprint density at radius 3 is 2.53 bits per heavy atom. The summed E-state index contributed by atoms with van der Waals surface area (Å²) < 4.78 is 39.0. The number of carboxylic acids is 1. The molecule has 0 heterocycles. The number of hydrogen-bond acceptors (Lipinski definition) is 3. The number of rotatable bonds is 4. The fourth-order valence-corrected chi connectivity index (χ4v) is 3.60. The van der Waals surface area contributed by atoms with Crippen LogP contribution in [0.4, 0.5) is 4.39 Å². The Kier molecular flexibility index (Phi) is 3.60. The van der Waals surface area contributed by atoms with Crippen LogP contribution in [-0.4, -0.2) is 36.9 Å². The van der Waals surface area contributed by atoms with Crippen molar-refractivity contribution in [3.05, 3.63) is 29.6 Å². The van der Waals surface area contributed by atoms with Gasteiger partial charge in [0.05, 0.1) is 10.5 Å². The van der Waals surface area contributed by atoms with E-state index in [0.29, 0.717) is 0 Å². The number of carbonyl (C=O) groups is 1. The summed E-state index contributed by atoms with van der Waals surface area (Å²) in [6, 6.07) is 2.54. The molecule has 5 nitrogen and oxygen atoms in total. The summed E-state index contributed by atoms with van der Waals surface area (Å²) in [6.45, 7) is 0. The molecule has 0 saturated heterocycles. The molecule has 1 aliphatic rings. The fourth-order valence-electron chi connectivity index (χ4n) is 1.99. The molecule has 0 spiro atoms. The van der Waals surface area contributed by atoms with Crippen molar-refractivity contribution >= 4 is 16.0 Å². The summed E-state index contributed by atoms with van der Waals surface area (Å²) in [5.74, 6) is -2.16. The number of aromatic carboxylic acids is 1. The number of benzene rings is 1. The number of sulfonamides is 1. The molecule has 0 atom stereocenters. The first-order valence-electron chi connectivity index (χ1n) is 5.85. The van der Waals surface area contributed by atoms with E-state index in [1.54, 1.807) is 0 Å². The molecule has 1 aromatic carbocycles. The van der Waals surface area contributed by atoms with Gasteiger partial charge in [0.1, 0.15) is 5.82 Å². The maximum Gasteiger partial charge on any atom is 0.337 e. The van der Waals surface area contributed by atoms with E-state index in [9.17, 15) is 17.6 Å². The summed E-state index contributed by atoms with van der Waals surface area (Å²) in [5, 5.41) is 9.01. The van der Waals surface area contributed by atoms with Crippen LogP contribution in [0.3, 0.4) is 0 Å². The Hall–Kier alpha value is -1.47. The Morgan fingerprint density at radius 1 is 1.42 bits per heavy atom. The fraction of sp³-hybridized carbons (Fsp3) is 0.417. The number of hydrogen-bond donors (Lipinski definition) is 1. The van der Waals surface area contributed by atoms with Gasteiger partial charge in [-0.3, -0.25) is 0 Å². The van der Waals surface area contributed by atoms with Gasteiger partial charge in [-0.05, 0) is 31.0 Å². The number of carboxylic acid groups (broad SMARTS) is 1. The quantitative estimate of drug-likeness (QED) is 0.914. The van der Waals surface area contributed by atoms with Crippen molar-refractivity contribution < 1.29 is 22.7 Å². The summed E-state index contributed by atoms with van der Waals surface area (Å²) >= 11 is 0. The highest BCUT2D eigenvalue weighted by molar-refractivity contribution is 7.89. The monoisotopic (exact) mass is 287 g/mol. The van der Waals surface area contributed by atoms with E-state index in [4.69, 9.17) is 5.11 Å². The molecule has 19 heavy (non-hydrogen) atoms. The molecule has 1 saturated carbocycles. The van der Waals surface area contributed by atoms with Crippen LogP contribution < -0.4 is 0 Å². The summed E-state index contributed by atoms with van der Waals surface area (Å²) in [5.41, 5.74) is -0.410. The zero-order valence-electron chi connectivity index (χ0n) is 10.3. The van der Waals surface area contributed by atoms with Gasteiger partial charge in [0.2, 0.25) is 10.0 Å². The highest BCUT2D eigenvalue weighted by Gasteiger charge is 2.34. The van der Waals surface area contributed by atoms with Crippen molar-refractivity contribution in [1.82, 2.24) is 4.31 Å². The van der Waals surface area contributed by atoms with Gasteiger partial charge in [-0.2, -0.15) is 4.31 Å². The summed E-state index contributed by atoms with van der Waals surface area (Å²) in [7, 11) is -2.59. The maximum absolute atomic E-state index is 13.2. The van der Waals surface area contributed by atoms with Gasteiger partial charge in [0.15, 0.2) is 0 Å². The van der Waals surface area contributed by atoms with E-state index in [1.807, 2.05) is 0 Å². The predicted octanol–water partition coefficient (Wildman–Crippen LogP) is 1.70. The SMILES string of the molecule is CN(C1CCC1)S(=O)(=O)c1cc(F)ccc1C(=O)O. The lowest BCUT2D eigenvalue weighted by Crippen LogP contribution is -2.41. The molecule has 0 radical (unpaired) electrons. The van der Waals surface area contributed by atoms with Crippen LogP contribution in [0.5, 0.6) is 0 Å². The molecular weight excluding hydrogens is 273 g/mol. The minimum atomic E-state index is -3.98. The van der Waals surface area contributed by atoms with Crippen molar-refractivity contribution in [2.75, 3.05) is 7.05 Å². The van der Waals surface area contributed by atoms with Crippen molar-refractivity contribution in [3.8, 4) is 0 Å². The van der Waals surface area contributed by atoms with Gasteiger partial charge in [0, 0.05) is 13.1 Å². The lowest BCUT2D eigenvalue weighted by atomic mass is 9.94. The molecule has 1 aromatic rings. The molecule has 0 bridgehead atoms. The van der Waals surface area contributed by atoms with Gasteiger partial charge >= 0.3 is 5.97 Å². The first kappa shape index (κ1) is 14.0. The molecule has 1 aliphatic carbocycles. The third kappa shape index (κ3) is 2.48. The number of halogens is 1. The summed E-state index contributed by atoms with van der Waals surface area (Å²) in [6.07, 6.45) is 2.43. The minimum Gasteiger partial charge on any atom is -0.478 e. The molecule has 104 valence electrons. The molecule has 7 heteroatoms. The third-order valence-electron chi connectivity index (χ3n) is 3.42. The van der Waals surface area contributed by atoms with E-state index in [2.05, 4.69) is 0 Å². The Labute approximate surface area is 110 Å². The average molecular weight is 287 g/mol. The van der Waals surface area contributed by atoms with E-state index in [-0.39, 0.29) is 6.04 Å². The van der Waals surface area contributed by atoms with E-state index in [1.165, 1.54) is 7.05 Å². The smallest absolute Gasteiger partial charge is 0.337 e.